The molecule has 2 N–H and O–H groups in total. The first-order valence-corrected chi connectivity index (χ1v) is 6.00. The van der Waals surface area contributed by atoms with Crippen LogP contribution in [0.25, 0.3) is 11.1 Å². The third-order valence-electron chi connectivity index (χ3n) is 2.78. The molecule has 2 rings (SSSR count). The molecule has 0 saturated heterocycles. The van der Waals surface area contributed by atoms with Crippen molar-refractivity contribution < 1.29 is 0 Å². The first-order chi connectivity index (χ1) is 8.11. The minimum absolute atomic E-state index is 0.597. The van der Waals surface area contributed by atoms with Gasteiger partial charge in [0.25, 0.3) is 0 Å². The van der Waals surface area contributed by atoms with Crippen LogP contribution in [0.4, 0.5) is 0 Å². The van der Waals surface area contributed by atoms with Gasteiger partial charge in [-0.15, -0.1) is 0 Å². The Morgan fingerprint density at radius 1 is 1.29 bits per heavy atom. The fourth-order valence-corrected chi connectivity index (χ4v) is 2.19. The molecule has 0 unspecified atom stereocenters. The van der Waals surface area contributed by atoms with Gasteiger partial charge >= 0.3 is 0 Å². The van der Waals surface area contributed by atoms with Crippen LogP contribution >= 0.6 is 11.6 Å². The van der Waals surface area contributed by atoms with Gasteiger partial charge in [-0.1, -0.05) is 17.7 Å². The summed E-state index contributed by atoms with van der Waals surface area (Å²) in [6.45, 7) is 5.41. The Balaban J connectivity index is 2.45. The quantitative estimate of drug-likeness (QED) is 0.909. The van der Waals surface area contributed by atoms with Gasteiger partial charge in [-0.2, -0.15) is 5.10 Å². The van der Waals surface area contributed by atoms with Gasteiger partial charge in [0.2, 0.25) is 0 Å². The summed E-state index contributed by atoms with van der Waals surface area (Å²) >= 11 is 5.96. The molecule has 1 aromatic heterocycles. The summed E-state index contributed by atoms with van der Waals surface area (Å²) in [5.74, 6) is 0. The maximum absolute atomic E-state index is 5.96. The van der Waals surface area contributed by atoms with E-state index in [9.17, 15) is 0 Å². The molecular weight excluding hydrogens is 234 g/mol. The predicted octanol–water partition coefficient (Wildman–Crippen LogP) is 2.78. The van der Waals surface area contributed by atoms with Crippen LogP contribution in [0.2, 0.25) is 5.02 Å². The highest BCUT2D eigenvalue weighted by molar-refractivity contribution is 6.30. The van der Waals surface area contributed by atoms with Crippen molar-refractivity contribution in [3.63, 3.8) is 0 Å². The molecule has 3 nitrogen and oxygen atoms in total. The van der Waals surface area contributed by atoms with E-state index in [1.807, 2.05) is 36.0 Å². The van der Waals surface area contributed by atoms with Crippen LogP contribution in [-0.2, 0) is 6.54 Å². The molecule has 0 aliphatic heterocycles. The maximum atomic E-state index is 5.96. The number of nitrogens with zero attached hydrogens (tertiary/aromatic N) is 2. The second kappa shape index (κ2) is 4.90. The lowest BCUT2D eigenvalue weighted by atomic mass is 10.0. The molecule has 1 aromatic carbocycles. The molecule has 0 amide bonds. The summed E-state index contributed by atoms with van der Waals surface area (Å²) in [6.07, 6.45) is 2.04. The van der Waals surface area contributed by atoms with Gasteiger partial charge in [0.1, 0.15) is 0 Å². The molecular formula is C13H16ClN3. The van der Waals surface area contributed by atoms with Gasteiger partial charge in [-0.05, 0) is 37.1 Å². The standard InChI is InChI=1S/C13H16ClN3/c1-9-7-11(14)3-4-12(9)13-8-17(6-5-15)16-10(13)2/h3-4,7-8H,5-6,15H2,1-2H3. The molecule has 0 aliphatic carbocycles. The summed E-state index contributed by atoms with van der Waals surface area (Å²) in [4.78, 5) is 0. The Morgan fingerprint density at radius 2 is 2.06 bits per heavy atom. The number of benzene rings is 1. The highest BCUT2D eigenvalue weighted by Crippen LogP contribution is 2.27. The fourth-order valence-electron chi connectivity index (χ4n) is 1.96. The number of hydrogen-bond acceptors (Lipinski definition) is 2. The normalized spacial score (nSPS) is 10.8. The van der Waals surface area contributed by atoms with Gasteiger partial charge in [0.15, 0.2) is 0 Å². The predicted molar refractivity (Wildman–Crippen MR) is 71.2 cm³/mol. The topological polar surface area (TPSA) is 43.8 Å². The van der Waals surface area contributed by atoms with E-state index in [0.717, 1.165) is 28.4 Å². The summed E-state index contributed by atoms with van der Waals surface area (Å²) < 4.78 is 1.89. The monoisotopic (exact) mass is 249 g/mol. The van der Waals surface area contributed by atoms with Crippen LogP contribution in [0.3, 0.4) is 0 Å². The third-order valence-corrected chi connectivity index (χ3v) is 3.02. The third kappa shape index (κ3) is 2.51. The molecule has 0 saturated carbocycles. The van der Waals surface area contributed by atoms with Crippen LogP contribution in [0.15, 0.2) is 24.4 Å². The summed E-state index contributed by atoms with van der Waals surface area (Å²) in [6, 6.07) is 5.91. The van der Waals surface area contributed by atoms with E-state index in [1.54, 1.807) is 0 Å². The molecule has 17 heavy (non-hydrogen) atoms. The molecule has 0 aliphatic rings. The molecule has 0 atom stereocenters. The minimum atomic E-state index is 0.597. The number of aromatic nitrogens is 2. The second-order valence-corrected chi connectivity index (χ2v) is 4.58. The zero-order valence-corrected chi connectivity index (χ0v) is 10.8. The molecule has 2 aromatic rings. The zero-order chi connectivity index (χ0) is 12.4. The number of nitrogens with two attached hydrogens (primary N) is 1. The lowest BCUT2D eigenvalue weighted by Crippen LogP contribution is -2.10. The van der Waals surface area contributed by atoms with Crippen LogP contribution in [0, 0.1) is 13.8 Å². The minimum Gasteiger partial charge on any atom is -0.329 e. The van der Waals surface area contributed by atoms with Crippen molar-refractivity contribution in [2.24, 2.45) is 5.73 Å². The summed E-state index contributed by atoms with van der Waals surface area (Å²) in [5.41, 5.74) is 10.0. The van der Waals surface area contributed by atoms with E-state index in [0.29, 0.717) is 6.54 Å². The average molecular weight is 250 g/mol. The first-order valence-electron chi connectivity index (χ1n) is 5.62. The van der Waals surface area contributed by atoms with E-state index in [2.05, 4.69) is 12.0 Å². The van der Waals surface area contributed by atoms with Crippen molar-refractivity contribution in [2.75, 3.05) is 6.54 Å². The molecule has 4 heteroatoms. The van der Waals surface area contributed by atoms with Crippen molar-refractivity contribution in [1.82, 2.24) is 9.78 Å². The Morgan fingerprint density at radius 3 is 2.71 bits per heavy atom. The van der Waals surface area contributed by atoms with Gasteiger partial charge in [-0.25, -0.2) is 0 Å². The van der Waals surface area contributed by atoms with Crippen LogP contribution in [0.1, 0.15) is 11.3 Å². The zero-order valence-electron chi connectivity index (χ0n) is 10.1. The van der Waals surface area contributed by atoms with Gasteiger partial charge < -0.3 is 5.73 Å². The maximum Gasteiger partial charge on any atom is 0.0672 e. The Bertz CT molecular complexity index is 531. The molecule has 90 valence electrons. The fraction of sp³-hybridized carbons (Fsp3) is 0.308. The van der Waals surface area contributed by atoms with Crippen molar-refractivity contribution in [1.29, 1.82) is 0 Å². The highest BCUT2D eigenvalue weighted by Gasteiger charge is 2.09. The highest BCUT2D eigenvalue weighted by atomic mass is 35.5. The van der Waals surface area contributed by atoms with Crippen LogP contribution in [-0.4, -0.2) is 16.3 Å². The van der Waals surface area contributed by atoms with E-state index >= 15 is 0 Å². The Labute approximate surface area is 106 Å². The van der Waals surface area contributed by atoms with Gasteiger partial charge in [0.05, 0.1) is 12.2 Å². The van der Waals surface area contributed by atoms with Crippen LogP contribution in [0.5, 0.6) is 0 Å². The Kier molecular flexibility index (Phi) is 3.50. The van der Waals surface area contributed by atoms with Crippen molar-refractivity contribution >= 4 is 11.6 Å². The van der Waals surface area contributed by atoms with E-state index < -0.39 is 0 Å². The van der Waals surface area contributed by atoms with Gasteiger partial charge in [-0.3, -0.25) is 4.68 Å². The molecule has 0 spiro atoms. The smallest absolute Gasteiger partial charge is 0.0672 e. The van der Waals surface area contributed by atoms with E-state index in [-0.39, 0.29) is 0 Å². The number of halogens is 1. The molecule has 0 bridgehead atoms. The average Bonchev–Trinajstić information content (AvgIpc) is 2.60. The number of aryl methyl sites for hydroxylation is 2. The van der Waals surface area contributed by atoms with Gasteiger partial charge in [0, 0.05) is 23.3 Å². The number of rotatable bonds is 3. The summed E-state index contributed by atoms with van der Waals surface area (Å²) in [5, 5.41) is 5.21. The van der Waals surface area contributed by atoms with Crippen molar-refractivity contribution in [2.45, 2.75) is 20.4 Å². The molecule has 0 fully saturated rings. The van der Waals surface area contributed by atoms with Crippen molar-refractivity contribution in [3.8, 4) is 11.1 Å². The Hall–Kier alpha value is -1.32. The molecule has 0 radical (unpaired) electrons. The van der Waals surface area contributed by atoms with E-state index in [4.69, 9.17) is 17.3 Å². The number of hydrogen-bond donors (Lipinski definition) is 1. The SMILES string of the molecule is Cc1cc(Cl)ccc1-c1cn(CCN)nc1C. The lowest BCUT2D eigenvalue weighted by molar-refractivity contribution is 0.620. The lowest BCUT2D eigenvalue weighted by Gasteiger charge is -2.04. The summed E-state index contributed by atoms with van der Waals surface area (Å²) in [7, 11) is 0. The van der Waals surface area contributed by atoms with E-state index in [1.165, 1.54) is 5.56 Å². The van der Waals surface area contributed by atoms with Crippen LogP contribution < -0.4 is 5.73 Å². The molecule has 1 heterocycles. The largest absolute Gasteiger partial charge is 0.329 e. The second-order valence-electron chi connectivity index (χ2n) is 4.14. The van der Waals surface area contributed by atoms with Crippen molar-refractivity contribution in [3.05, 3.63) is 40.7 Å². The first kappa shape index (κ1) is 12.1.